The molecule has 0 bridgehead atoms. The van der Waals surface area contributed by atoms with E-state index in [1.807, 2.05) is 48.5 Å². The van der Waals surface area contributed by atoms with Gasteiger partial charge in [-0.05, 0) is 65.2 Å². The molecule has 178 valence electrons. The van der Waals surface area contributed by atoms with Crippen LogP contribution in [0.15, 0.2) is 104 Å². The van der Waals surface area contributed by atoms with Gasteiger partial charge in [0.2, 0.25) is 0 Å². The number of carbonyl (C=O) groups excluding carboxylic acids is 3. The van der Waals surface area contributed by atoms with E-state index in [1.165, 1.54) is 12.2 Å². The summed E-state index contributed by atoms with van der Waals surface area (Å²) in [6.07, 6.45) is 5.76. The van der Waals surface area contributed by atoms with E-state index in [4.69, 9.17) is 9.47 Å². The van der Waals surface area contributed by atoms with Crippen LogP contribution in [0.2, 0.25) is 0 Å². The monoisotopic (exact) mass is 476 g/mol. The third-order valence-corrected chi connectivity index (χ3v) is 4.92. The lowest BCUT2D eigenvalue weighted by atomic mass is 10.1. The Morgan fingerprint density at radius 1 is 0.722 bits per heavy atom. The van der Waals surface area contributed by atoms with Crippen LogP contribution in [0.3, 0.4) is 0 Å². The van der Waals surface area contributed by atoms with Crippen molar-refractivity contribution in [2.75, 3.05) is 0 Å². The molecule has 5 nitrogen and oxygen atoms in total. The Bertz CT molecular complexity index is 1330. The van der Waals surface area contributed by atoms with E-state index >= 15 is 0 Å². The predicted molar refractivity (Wildman–Crippen MR) is 139 cm³/mol. The molecule has 3 aromatic rings. The van der Waals surface area contributed by atoms with Gasteiger partial charge < -0.3 is 9.47 Å². The first kappa shape index (κ1) is 25.7. The van der Waals surface area contributed by atoms with Crippen LogP contribution in [0.4, 0.5) is 0 Å². The molecule has 0 heterocycles. The molecule has 0 unspecified atom stereocenters. The van der Waals surface area contributed by atoms with Gasteiger partial charge in [-0.25, -0.2) is 9.59 Å². The molecule has 0 fully saturated rings. The molecule has 3 aromatic carbocycles. The van der Waals surface area contributed by atoms with Crippen LogP contribution >= 0.6 is 0 Å². The second-order valence-electron chi connectivity index (χ2n) is 7.63. The van der Waals surface area contributed by atoms with Gasteiger partial charge in [0.25, 0.3) is 0 Å². The van der Waals surface area contributed by atoms with Gasteiger partial charge in [0.1, 0.15) is 12.4 Å². The summed E-state index contributed by atoms with van der Waals surface area (Å²) in [4.78, 5) is 34.7. The number of allylic oxidation sites excluding steroid dienone is 1. The van der Waals surface area contributed by atoms with Crippen LogP contribution in [-0.2, 0) is 32.1 Å². The van der Waals surface area contributed by atoms with Gasteiger partial charge in [-0.2, -0.15) is 0 Å². The maximum Gasteiger partial charge on any atom is 0.336 e. The first-order chi connectivity index (χ1) is 17.4. The lowest BCUT2D eigenvalue weighted by Crippen LogP contribution is -2.04. The Morgan fingerprint density at radius 2 is 1.31 bits per heavy atom. The summed E-state index contributed by atoms with van der Waals surface area (Å²) in [6, 6.07) is 21.7. The Labute approximate surface area is 210 Å². The molecule has 36 heavy (non-hydrogen) atoms. The lowest BCUT2D eigenvalue weighted by molar-refractivity contribution is -0.139. The first-order valence-electron chi connectivity index (χ1n) is 11.1. The molecular formula is C31H24O5. The highest BCUT2D eigenvalue weighted by Gasteiger charge is 2.03. The quantitative estimate of drug-likeness (QED) is 0.183. The van der Waals surface area contributed by atoms with Crippen molar-refractivity contribution in [1.82, 2.24) is 0 Å². The minimum atomic E-state index is -0.511. The van der Waals surface area contributed by atoms with Gasteiger partial charge in [0, 0.05) is 29.7 Å². The van der Waals surface area contributed by atoms with E-state index in [0.717, 1.165) is 33.9 Å². The number of esters is 2. The van der Waals surface area contributed by atoms with Crippen LogP contribution in [0.1, 0.15) is 27.8 Å². The van der Waals surface area contributed by atoms with E-state index < -0.39 is 11.9 Å². The number of hydrogen-bond acceptors (Lipinski definition) is 5. The molecule has 5 heteroatoms. The summed E-state index contributed by atoms with van der Waals surface area (Å²) in [5.74, 6) is 5.55. The minimum absolute atomic E-state index is 0.0180. The normalized spacial score (nSPS) is 10.1. The van der Waals surface area contributed by atoms with Crippen molar-refractivity contribution >= 4 is 23.8 Å². The Morgan fingerprint density at radius 3 is 1.89 bits per heavy atom. The van der Waals surface area contributed by atoms with Crippen molar-refractivity contribution in [1.29, 1.82) is 0 Å². The third-order valence-electron chi connectivity index (χ3n) is 4.92. The maximum absolute atomic E-state index is 12.1. The van der Waals surface area contributed by atoms with E-state index in [2.05, 4.69) is 25.0 Å². The maximum atomic E-state index is 12.1. The molecule has 0 aliphatic heterocycles. The molecule has 0 aliphatic carbocycles. The molecule has 0 aromatic heterocycles. The smallest absolute Gasteiger partial charge is 0.336 e. The molecule has 0 amide bonds. The summed E-state index contributed by atoms with van der Waals surface area (Å²) in [5, 5.41) is 0. The van der Waals surface area contributed by atoms with Gasteiger partial charge >= 0.3 is 11.9 Å². The highest BCUT2D eigenvalue weighted by atomic mass is 16.5. The van der Waals surface area contributed by atoms with Crippen molar-refractivity contribution in [3.8, 4) is 17.6 Å². The standard InChI is InChI=1S/C31H24O5/c1-3-28(32)21-26-13-11-24(12-14-26)6-5-23-7-9-25(10-8-23)17-20-31(34)36-29-18-15-27(16-19-29)22-35-30(33)4-2/h3-4,7-20H,1-2,21-22H2/b20-17+. The highest BCUT2D eigenvalue weighted by Crippen LogP contribution is 2.14. The van der Waals surface area contributed by atoms with Gasteiger partial charge in [0.15, 0.2) is 5.78 Å². The van der Waals surface area contributed by atoms with E-state index in [-0.39, 0.29) is 12.4 Å². The second-order valence-corrected chi connectivity index (χ2v) is 7.63. The number of benzene rings is 3. The minimum Gasteiger partial charge on any atom is -0.458 e. The number of ketones is 1. The molecule has 0 saturated carbocycles. The van der Waals surface area contributed by atoms with Gasteiger partial charge in [-0.15, -0.1) is 0 Å². The zero-order chi connectivity index (χ0) is 25.8. The summed E-state index contributed by atoms with van der Waals surface area (Å²) in [7, 11) is 0. The van der Waals surface area contributed by atoms with Crippen molar-refractivity contribution in [3.63, 3.8) is 0 Å². The zero-order valence-electron chi connectivity index (χ0n) is 19.6. The van der Waals surface area contributed by atoms with Gasteiger partial charge in [-0.3, -0.25) is 4.79 Å². The Kier molecular flexibility index (Phi) is 9.32. The molecule has 3 rings (SSSR count). The fourth-order valence-corrected chi connectivity index (χ4v) is 2.98. The molecular weight excluding hydrogens is 452 g/mol. The summed E-state index contributed by atoms with van der Waals surface area (Å²) in [5.41, 5.74) is 4.19. The zero-order valence-corrected chi connectivity index (χ0v) is 19.6. The van der Waals surface area contributed by atoms with Crippen LogP contribution in [0, 0.1) is 11.8 Å². The lowest BCUT2D eigenvalue weighted by Gasteiger charge is -2.04. The summed E-state index contributed by atoms with van der Waals surface area (Å²) < 4.78 is 10.2. The van der Waals surface area contributed by atoms with Crippen molar-refractivity contribution in [2.24, 2.45) is 0 Å². The summed E-state index contributed by atoms with van der Waals surface area (Å²) in [6.45, 7) is 6.94. The van der Waals surface area contributed by atoms with E-state index in [1.54, 1.807) is 30.3 Å². The second kappa shape index (κ2) is 13.1. The fraction of sp³-hybridized carbons (Fsp3) is 0.0645. The predicted octanol–water partition coefficient (Wildman–Crippen LogP) is 5.23. The number of rotatable bonds is 9. The molecule has 0 saturated heterocycles. The topological polar surface area (TPSA) is 69.7 Å². The molecule has 0 N–H and O–H groups in total. The van der Waals surface area contributed by atoms with E-state index in [9.17, 15) is 14.4 Å². The van der Waals surface area contributed by atoms with Crippen LogP contribution in [0.5, 0.6) is 5.75 Å². The first-order valence-corrected chi connectivity index (χ1v) is 11.1. The largest absolute Gasteiger partial charge is 0.458 e. The van der Waals surface area contributed by atoms with Crippen LogP contribution in [-0.4, -0.2) is 17.7 Å². The number of ether oxygens (including phenoxy) is 2. The van der Waals surface area contributed by atoms with Crippen molar-refractivity contribution in [2.45, 2.75) is 13.0 Å². The fourth-order valence-electron chi connectivity index (χ4n) is 2.98. The number of carbonyl (C=O) groups is 3. The molecule has 0 radical (unpaired) electrons. The Balaban J connectivity index is 1.51. The van der Waals surface area contributed by atoms with Crippen LogP contribution in [0.25, 0.3) is 6.08 Å². The Hall–Kier alpha value is -4.95. The molecule has 0 aliphatic rings. The molecule has 0 atom stereocenters. The van der Waals surface area contributed by atoms with Crippen molar-refractivity contribution < 1.29 is 23.9 Å². The summed E-state index contributed by atoms with van der Waals surface area (Å²) >= 11 is 0. The van der Waals surface area contributed by atoms with Gasteiger partial charge in [-0.1, -0.05) is 61.4 Å². The molecule has 0 spiro atoms. The average Bonchev–Trinajstić information content (AvgIpc) is 2.91. The average molecular weight is 477 g/mol. The van der Waals surface area contributed by atoms with E-state index in [0.29, 0.717) is 12.2 Å². The van der Waals surface area contributed by atoms with Crippen LogP contribution < -0.4 is 4.74 Å². The van der Waals surface area contributed by atoms with Gasteiger partial charge in [0.05, 0.1) is 0 Å². The highest BCUT2D eigenvalue weighted by molar-refractivity contribution is 5.91. The van der Waals surface area contributed by atoms with Crippen molar-refractivity contribution in [3.05, 3.63) is 132 Å². The third kappa shape index (κ3) is 8.44. The number of hydrogen-bond donors (Lipinski definition) is 0. The SMILES string of the molecule is C=CC(=O)Cc1ccc(C#Cc2ccc(/C=C/C(=O)Oc3ccc(COC(=O)C=C)cc3)cc2)cc1.